The Balaban J connectivity index is 0.000000261. The highest BCUT2D eigenvalue weighted by Gasteiger charge is 2.16. The Morgan fingerprint density at radius 2 is 1.74 bits per heavy atom. The molecule has 0 bridgehead atoms. The summed E-state index contributed by atoms with van der Waals surface area (Å²) in [5.74, 6) is 0.587. The van der Waals surface area contributed by atoms with E-state index in [9.17, 15) is 13.8 Å². The quantitative estimate of drug-likeness (QED) is 0.345. The van der Waals surface area contributed by atoms with Crippen LogP contribution in [0.4, 0.5) is 5.69 Å². The Hall–Kier alpha value is -3.40. The number of rotatable bonds is 6. The minimum Gasteiger partial charge on any atom is -0.496 e. The fourth-order valence-electron chi connectivity index (χ4n) is 3.08. The molecule has 4 aromatic rings. The molecular formula is C24H22Cl2N4O4S. The fraction of sp³-hybridized carbons (Fsp3) is 0.125. The van der Waals surface area contributed by atoms with Gasteiger partial charge in [0, 0.05) is 40.8 Å². The third-order valence-corrected chi connectivity index (χ3v) is 6.45. The predicted molar refractivity (Wildman–Crippen MR) is 140 cm³/mol. The maximum atomic E-state index is 12.2. The van der Waals surface area contributed by atoms with E-state index in [-0.39, 0.29) is 5.82 Å². The minimum absolute atomic E-state index is 0.244. The SMILES string of the molecule is CNc1ccc(S(C)=O)cc1.COc1cc(-n2nc(-c3c(Cl)cccc3Cl)[nH]c2=O)ccc1C=O. The Labute approximate surface area is 214 Å². The number of halogens is 2. The number of carbonyl (C=O) groups excluding carboxylic acids is 1. The summed E-state index contributed by atoms with van der Waals surface area (Å²) in [5, 5.41) is 7.98. The second-order valence-electron chi connectivity index (χ2n) is 7.06. The second-order valence-corrected chi connectivity index (χ2v) is 9.25. The number of benzene rings is 3. The number of hydrogen-bond donors (Lipinski definition) is 2. The van der Waals surface area contributed by atoms with Gasteiger partial charge in [0.05, 0.1) is 34.0 Å². The topological polar surface area (TPSA) is 106 Å². The lowest BCUT2D eigenvalue weighted by Gasteiger charge is -2.06. The highest BCUT2D eigenvalue weighted by molar-refractivity contribution is 7.84. The zero-order chi connectivity index (χ0) is 25.5. The molecule has 0 amide bonds. The molecule has 0 saturated heterocycles. The Kier molecular flexibility index (Phi) is 8.86. The van der Waals surface area contributed by atoms with Gasteiger partial charge < -0.3 is 10.1 Å². The highest BCUT2D eigenvalue weighted by Crippen LogP contribution is 2.32. The van der Waals surface area contributed by atoms with Crippen molar-refractivity contribution in [2.45, 2.75) is 4.90 Å². The maximum Gasteiger partial charge on any atom is 0.348 e. The standard InChI is InChI=1S/C16H11Cl2N3O3.C8H11NOS/c1-24-13-7-10(6-5-9(13)8-22)21-16(23)19-15(20-21)14-11(17)3-2-4-12(14)18;1-9-7-3-5-8(6-4-7)11(2)10/h2-8H,1H3,(H,19,20,23);3-6,9H,1-2H3. The molecule has 1 heterocycles. The van der Waals surface area contributed by atoms with E-state index in [1.165, 1.54) is 7.11 Å². The molecule has 11 heteroatoms. The number of aromatic nitrogens is 3. The van der Waals surface area contributed by atoms with Crippen LogP contribution in [0.15, 0.2) is 70.4 Å². The Morgan fingerprint density at radius 3 is 2.29 bits per heavy atom. The van der Waals surface area contributed by atoms with Crippen molar-refractivity contribution in [1.82, 2.24) is 14.8 Å². The molecule has 35 heavy (non-hydrogen) atoms. The molecule has 0 saturated carbocycles. The van der Waals surface area contributed by atoms with Gasteiger partial charge in [-0.25, -0.2) is 4.79 Å². The summed E-state index contributed by atoms with van der Waals surface area (Å²) in [4.78, 5) is 26.7. The van der Waals surface area contributed by atoms with Crippen molar-refractivity contribution >= 4 is 46.0 Å². The summed E-state index contributed by atoms with van der Waals surface area (Å²) in [6.45, 7) is 0. The van der Waals surface area contributed by atoms with E-state index in [0.29, 0.717) is 38.9 Å². The molecule has 1 aromatic heterocycles. The van der Waals surface area contributed by atoms with Crippen molar-refractivity contribution in [2.75, 3.05) is 25.7 Å². The first-order valence-corrected chi connectivity index (χ1v) is 12.5. The first-order chi connectivity index (χ1) is 16.8. The van der Waals surface area contributed by atoms with Crippen molar-refractivity contribution in [3.05, 3.63) is 86.8 Å². The number of nitrogens with zero attached hydrogens (tertiary/aromatic N) is 2. The molecule has 0 spiro atoms. The number of methoxy groups -OCH3 is 1. The number of aldehydes is 1. The average Bonchev–Trinajstić information content (AvgIpc) is 3.24. The van der Waals surface area contributed by atoms with Gasteiger partial charge in [-0.1, -0.05) is 29.3 Å². The Bertz CT molecular complexity index is 1400. The summed E-state index contributed by atoms with van der Waals surface area (Å²) in [7, 11) is 2.43. The van der Waals surface area contributed by atoms with Crippen LogP contribution in [0, 0.1) is 0 Å². The average molecular weight is 533 g/mol. The van der Waals surface area contributed by atoms with E-state index in [2.05, 4.69) is 15.4 Å². The molecule has 1 unspecified atom stereocenters. The van der Waals surface area contributed by atoms with Gasteiger partial charge in [0.25, 0.3) is 0 Å². The van der Waals surface area contributed by atoms with Crippen molar-refractivity contribution in [3.63, 3.8) is 0 Å². The van der Waals surface area contributed by atoms with Gasteiger partial charge in [0.15, 0.2) is 12.1 Å². The number of nitrogens with one attached hydrogen (secondary N) is 2. The van der Waals surface area contributed by atoms with E-state index >= 15 is 0 Å². The largest absolute Gasteiger partial charge is 0.496 e. The van der Waals surface area contributed by atoms with Gasteiger partial charge in [0.2, 0.25) is 0 Å². The predicted octanol–water partition coefficient (Wildman–Crippen LogP) is 4.82. The number of anilines is 1. The van der Waals surface area contributed by atoms with Crippen LogP contribution < -0.4 is 15.7 Å². The zero-order valence-corrected chi connectivity index (χ0v) is 21.4. The van der Waals surface area contributed by atoms with E-state index in [1.54, 1.807) is 42.7 Å². The maximum absolute atomic E-state index is 12.2. The van der Waals surface area contributed by atoms with Crippen LogP contribution in [0.2, 0.25) is 10.0 Å². The summed E-state index contributed by atoms with van der Waals surface area (Å²) < 4.78 is 17.2. The minimum atomic E-state index is -0.867. The van der Waals surface area contributed by atoms with E-state index in [0.717, 1.165) is 15.3 Å². The smallest absolute Gasteiger partial charge is 0.348 e. The summed E-state index contributed by atoms with van der Waals surface area (Å²) in [6, 6.07) is 17.2. The van der Waals surface area contributed by atoms with E-state index in [4.69, 9.17) is 27.9 Å². The lowest BCUT2D eigenvalue weighted by molar-refractivity contribution is 0.112. The first-order valence-electron chi connectivity index (χ1n) is 10.2. The molecular weight excluding hydrogens is 511 g/mol. The van der Waals surface area contributed by atoms with Crippen LogP contribution in [-0.4, -0.2) is 45.7 Å². The van der Waals surface area contributed by atoms with Gasteiger partial charge in [-0.2, -0.15) is 4.68 Å². The molecule has 0 aliphatic rings. The molecule has 8 nitrogen and oxygen atoms in total. The van der Waals surface area contributed by atoms with Gasteiger partial charge in [0.1, 0.15) is 5.75 Å². The van der Waals surface area contributed by atoms with Crippen molar-refractivity contribution in [1.29, 1.82) is 0 Å². The lowest BCUT2D eigenvalue weighted by atomic mass is 10.2. The number of hydrogen-bond acceptors (Lipinski definition) is 6. The number of aromatic amines is 1. The van der Waals surface area contributed by atoms with Crippen molar-refractivity contribution in [3.8, 4) is 22.8 Å². The van der Waals surface area contributed by atoms with Crippen molar-refractivity contribution < 1.29 is 13.7 Å². The van der Waals surface area contributed by atoms with Crippen LogP contribution in [0.3, 0.4) is 0 Å². The zero-order valence-electron chi connectivity index (χ0n) is 19.0. The molecule has 0 aliphatic carbocycles. The second kappa shape index (κ2) is 11.8. The van der Waals surface area contributed by atoms with Crippen LogP contribution in [-0.2, 0) is 10.8 Å². The molecule has 4 rings (SSSR count). The molecule has 0 fully saturated rings. The third-order valence-electron chi connectivity index (χ3n) is 4.88. The highest BCUT2D eigenvalue weighted by atomic mass is 35.5. The molecule has 2 N–H and O–H groups in total. The van der Waals surface area contributed by atoms with Gasteiger partial charge in [-0.05, 0) is 48.5 Å². The van der Waals surface area contributed by atoms with Gasteiger partial charge >= 0.3 is 5.69 Å². The molecule has 3 aromatic carbocycles. The molecule has 1 atom stereocenters. The van der Waals surface area contributed by atoms with Crippen LogP contribution >= 0.6 is 23.2 Å². The van der Waals surface area contributed by atoms with E-state index < -0.39 is 16.5 Å². The van der Waals surface area contributed by atoms with Crippen LogP contribution in [0.5, 0.6) is 5.75 Å². The third kappa shape index (κ3) is 6.19. The van der Waals surface area contributed by atoms with Crippen LogP contribution in [0.25, 0.3) is 17.1 Å². The monoisotopic (exact) mass is 532 g/mol. The number of ether oxygens (including phenoxy) is 1. The lowest BCUT2D eigenvalue weighted by Crippen LogP contribution is -2.16. The Morgan fingerprint density at radius 1 is 1.09 bits per heavy atom. The number of H-pyrrole nitrogens is 1. The van der Waals surface area contributed by atoms with Crippen molar-refractivity contribution in [2.24, 2.45) is 0 Å². The van der Waals surface area contributed by atoms with Gasteiger partial charge in [-0.15, -0.1) is 5.10 Å². The number of carbonyl (C=O) groups is 1. The van der Waals surface area contributed by atoms with E-state index in [1.807, 2.05) is 31.3 Å². The van der Waals surface area contributed by atoms with Crippen LogP contribution in [0.1, 0.15) is 10.4 Å². The summed E-state index contributed by atoms with van der Waals surface area (Å²) >= 11 is 12.3. The summed E-state index contributed by atoms with van der Waals surface area (Å²) in [6.07, 6.45) is 2.35. The molecule has 182 valence electrons. The molecule has 0 aliphatic heterocycles. The fourth-order valence-corrected chi connectivity index (χ4v) is 4.17. The molecule has 0 radical (unpaired) electrons. The van der Waals surface area contributed by atoms with Gasteiger partial charge in [-0.3, -0.25) is 14.0 Å². The first kappa shape index (κ1) is 26.2. The normalized spacial score (nSPS) is 11.2. The summed E-state index contributed by atoms with van der Waals surface area (Å²) in [5.41, 5.74) is 1.82.